The van der Waals surface area contributed by atoms with Gasteiger partial charge in [-0.3, -0.25) is 0 Å². The van der Waals surface area contributed by atoms with Gasteiger partial charge < -0.3 is 10.4 Å². The standard InChI is InChI=1S/C14H22FNOS/c1-4-18-8-7-10(2)16-11(3)13-9-12(15)5-6-14(13)17/h5-6,9-11,16-17H,4,7-8H2,1-3H3. The number of thioether (sulfide) groups is 1. The third kappa shape index (κ3) is 4.86. The van der Waals surface area contributed by atoms with Gasteiger partial charge in [0.15, 0.2) is 0 Å². The van der Waals surface area contributed by atoms with Gasteiger partial charge in [-0.25, -0.2) is 4.39 Å². The number of nitrogens with one attached hydrogen (secondary N) is 1. The molecule has 0 spiro atoms. The van der Waals surface area contributed by atoms with Crippen molar-refractivity contribution in [2.45, 2.75) is 39.3 Å². The van der Waals surface area contributed by atoms with E-state index in [1.165, 1.54) is 18.2 Å². The first-order chi connectivity index (χ1) is 8.54. The van der Waals surface area contributed by atoms with Gasteiger partial charge in [0.05, 0.1) is 0 Å². The Hall–Kier alpha value is -0.740. The highest BCUT2D eigenvalue weighted by Crippen LogP contribution is 2.25. The molecule has 2 atom stereocenters. The van der Waals surface area contributed by atoms with E-state index in [0.717, 1.165) is 17.9 Å². The lowest BCUT2D eigenvalue weighted by molar-refractivity contribution is 0.428. The topological polar surface area (TPSA) is 32.3 Å². The summed E-state index contributed by atoms with van der Waals surface area (Å²) in [6.45, 7) is 6.21. The molecule has 1 aromatic carbocycles. The van der Waals surface area contributed by atoms with E-state index in [2.05, 4.69) is 19.2 Å². The molecule has 0 saturated heterocycles. The van der Waals surface area contributed by atoms with Crippen LogP contribution in [0.25, 0.3) is 0 Å². The first-order valence-electron chi connectivity index (χ1n) is 6.36. The van der Waals surface area contributed by atoms with Crippen molar-refractivity contribution < 1.29 is 9.50 Å². The number of benzene rings is 1. The van der Waals surface area contributed by atoms with Gasteiger partial charge in [0.25, 0.3) is 0 Å². The van der Waals surface area contributed by atoms with Crippen LogP contribution >= 0.6 is 11.8 Å². The smallest absolute Gasteiger partial charge is 0.123 e. The highest BCUT2D eigenvalue weighted by molar-refractivity contribution is 7.99. The molecule has 0 saturated carbocycles. The SMILES string of the molecule is CCSCCC(C)NC(C)c1cc(F)ccc1O. The largest absolute Gasteiger partial charge is 0.508 e. The third-order valence-electron chi connectivity index (χ3n) is 2.89. The Bertz CT molecular complexity index is 373. The van der Waals surface area contributed by atoms with Crippen LogP contribution in [-0.4, -0.2) is 22.7 Å². The fraction of sp³-hybridized carbons (Fsp3) is 0.571. The van der Waals surface area contributed by atoms with E-state index in [4.69, 9.17) is 0 Å². The van der Waals surface area contributed by atoms with Crippen molar-refractivity contribution in [3.8, 4) is 5.75 Å². The lowest BCUT2D eigenvalue weighted by atomic mass is 10.1. The first-order valence-corrected chi connectivity index (χ1v) is 7.52. The fourth-order valence-corrected chi connectivity index (χ4v) is 2.69. The number of hydrogen-bond acceptors (Lipinski definition) is 3. The molecule has 2 unspecified atom stereocenters. The van der Waals surface area contributed by atoms with Crippen molar-refractivity contribution in [3.05, 3.63) is 29.6 Å². The van der Waals surface area contributed by atoms with Crippen LogP contribution in [0, 0.1) is 5.82 Å². The first kappa shape index (κ1) is 15.3. The highest BCUT2D eigenvalue weighted by Gasteiger charge is 2.13. The predicted molar refractivity (Wildman–Crippen MR) is 76.7 cm³/mol. The van der Waals surface area contributed by atoms with Crippen LogP contribution in [0.1, 0.15) is 38.8 Å². The van der Waals surface area contributed by atoms with Crippen LogP contribution in [0.15, 0.2) is 18.2 Å². The summed E-state index contributed by atoms with van der Waals surface area (Å²) in [6.07, 6.45) is 1.07. The number of halogens is 1. The monoisotopic (exact) mass is 271 g/mol. The summed E-state index contributed by atoms with van der Waals surface area (Å²) in [4.78, 5) is 0. The number of aromatic hydroxyl groups is 1. The molecule has 18 heavy (non-hydrogen) atoms. The minimum Gasteiger partial charge on any atom is -0.508 e. The van der Waals surface area contributed by atoms with Crippen LogP contribution in [0.3, 0.4) is 0 Å². The Morgan fingerprint density at radius 1 is 1.39 bits per heavy atom. The lowest BCUT2D eigenvalue weighted by Crippen LogP contribution is -2.29. The second-order valence-electron chi connectivity index (χ2n) is 4.48. The maximum atomic E-state index is 13.2. The molecule has 0 aliphatic heterocycles. The van der Waals surface area contributed by atoms with E-state index >= 15 is 0 Å². The maximum Gasteiger partial charge on any atom is 0.123 e. The Kier molecular flexibility index (Phi) is 6.50. The normalized spacial score (nSPS) is 14.4. The molecule has 1 aromatic rings. The van der Waals surface area contributed by atoms with Gasteiger partial charge in [0, 0.05) is 17.6 Å². The molecule has 102 valence electrons. The summed E-state index contributed by atoms with van der Waals surface area (Å²) >= 11 is 1.92. The van der Waals surface area contributed by atoms with E-state index < -0.39 is 0 Å². The molecular formula is C14H22FNOS. The Balaban J connectivity index is 2.53. The van der Waals surface area contributed by atoms with E-state index in [0.29, 0.717) is 11.6 Å². The number of rotatable bonds is 7. The van der Waals surface area contributed by atoms with Gasteiger partial charge >= 0.3 is 0 Å². The zero-order chi connectivity index (χ0) is 13.5. The van der Waals surface area contributed by atoms with E-state index in [9.17, 15) is 9.50 Å². The third-order valence-corrected chi connectivity index (χ3v) is 3.82. The zero-order valence-electron chi connectivity index (χ0n) is 11.2. The average Bonchev–Trinajstić information content (AvgIpc) is 2.32. The summed E-state index contributed by atoms with van der Waals surface area (Å²) < 4.78 is 13.2. The van der Waals surface area contributed by atoms with Gasteiger partial charge in [0.2, 0.25) is 0 Å². The van der Waals surface area contributed by atoms with E-state index in [-0.39, 0.29) is 17.6 Å². The summed E-state index contributed by atoms with van der Waals surface area (Å²) in [5, 5.41) is 13.1. The molecule has 0 amide bonds. The van der Waals surface area contributed by atoms with Crippen molar-refractivity contribution >= 4 is 11.8 Å². The molecule has 0 aromatic heterocycles. The van der Waals surface area contributed by atoms with Crippen molar-refractivity contribution in [2.75, 3.05) is 11.5 Å². The Labute approximate surface area is 113 Å². The molecule has 0 heterocycles. The highest BCUT2D eigenvalue weighted by atomic mass is 32.2. The Morgan fingerprint density at radius 3 is 2.78 bits per heavy atom. The van der Waals surface area contributed by atoms with Crippen molar-refractivity contribution in [3.63, 3.8) is 0 Å². The lowest BCUT2D eigenvalue weighted by Gasteiger charge is -2.21. The fourth-order valence-electron chi connectivity index (χ4n) is 1.88. The minimum atomic E-state index is -0.314. The zero-order valence-corrected chi connectivity index (χ0v) is 12.1. The Morgan fingerprint density at radius 2 is 2.11 bits per heavy atom. The molecular weight excluding hydrogens is 249 g/mol. The van der Waals surface area contributed by atoms with Gasteiger partial charge in [-0.2, -0.15) is 11.8 Å². The second kappa shape index (κ2) is 7.64. The summed E-state index contributed by atoms with van der Waals surface area (Å²) in [7, 11) is 0. The van der Waals surface area contributed by atoms with Crippen LogP contribution in [-0.2, 0) is 0 Å². The molecule has 1 rings (SSSR count). The van der Waals surface area contributed by atoms with Crippen molar-refractivity contribution in [2.24, 2.45) is 0 Å². The summed E-state index contributed by atoms with van der Waals surface area (Å²) in [5.41, 5.74) is 0.616. The number of hydrogen-bond donors (Lipinski definition) is 2. The van der Waals surface area contributed by atoms with Crippen LogP contribution in [0.2, 0.25) is 0 Å². The number of phenolic OH excluding ortho intramolecular Hbond substituents is 1. The molecule has 4 heteroatoms. The summed E-state index contributed by atoms with van der Waals surface area (Å²) in [6, 6.07) is 4.36. The molecule has 2 N–H and O–H groups in total. The van der Waals surface area contributed by atoms with E-state index in [1.807, 2.05) is 18.7 Å². The predicted octanol–water partition coefficient (Wildman–Crippen LogP) is 3.71. The number of phenols is 1. The van der Waals surface area contributed by atoms with Gasteiger partial charge in [0.1, 0.15) is 11.6 Å². The van der Waals surface area contributed by atoms with Crippen molar-refractivity contribution in [1.82, 2.24) is 5.32 Å². The molecule has 0 aliphatic carbocycles. The van der Waals surface area contributed by atoms with Gasteiger partial charge in [-0.15, -0.1) is 0 Å². The maximum absolute atomic E-state index is 13.2. The van der Waals surface area contributed by atoms with Crippen LogP contribution in [0.5, 0.6) is 5.75 Å². The second-order valence-corrected chi connectivity index (χ2v) is 5.87. The molecule has 0 bridgehead atoms. The molecule has 0 aliphatic rings. The van der Waals surface area contributed by atoms with Gasteiger partial charge in [-0.1, -0.05) is 6.92 Å². The van der Waals surface area contributed by atoms with Gasteiger partial charge in [-0.05, 0) is 50.0 Å². The quantitative estimate of drug-likeness (QED) is 0.741. The van der Waals surface area contributed by atoms with Crippen LogP contribution < -0.4 is 5.32 Å². The average molecular weight is 271 g/mol. The molecule has 2 nitrogen and oxygen atoms in total. The minimum absolute atomic E-state index is 0.0534. The van der Waals surface area contributed by atoms with Crippen molar-refractivity contribution in [1.29, 1.82) is 0 Å². The van der Waals surface area contributed by atoms with Crippen LogP contribution in [0.4, 0.5) is 4.39 Å². The molecule has 0 radical (unpaired) electrons. The molecule has 0 fully saturated rings. The summed E-state index contributed by atoms with van der Waals surface area (Å²) in [5.74, 6) is 2.08. The van der Waals surface area contributed by atoms with E-state index in [1.54, 1.807) is 0 Å².